The van der Waals surface area contributed by atoms with E-state index < -0.39 is 0 Å². The fraction of sp³-hybridized carbons (Fsp3) is 0.467. The van der Waals surface area contributed by atoms with E-state index in [2.05, 4.69) is 5.32 Å². The van der Waals surface area contributed by atoms with Crippen LogP contribution in [0.25, 0.3) is 0 Å². The molecule has 7 heteroatoms. The molecule has 7 nitrogen and oxygen atoms in total. The molecule has 0 spiro atoms. The van der Waals surface area contributed by atoms with E-state index in [1.165, 1.54) is 0 Å². The third-order valence-electron chi connectivity index (χ3n) is 3.89. The summed E-state index contributed by atoms with van der Waals surface area (Å²) in [5.74, 6) is 0.939. The maximum atomic E-state index is 12.6. The van der Waals surface area contributed by atoms with Crippen molar-refractivity contribution in [3.63, 3.8) is 0 Å². The lowest BCUT2D eigenvalue weighted by Crippen LogP contribution is -2.47. The number of nitrogens with zero attached hydrogens (tertiary/aromatic N) is 1. The third-order valence-corrected chi connectivity index (χ3v) is 3.89. The van der Waals surface area contributed by atoms with Gasteiger partial charge in [-0.05, 0) is 12.8 Å². The molecule has 2 heterocycles. The summed E-state index contributed by atoms with van der Waals surface area (Å²) in [6.07, 6.45) is 1.47. The molecule has 1 aromatic carbocycles. The number of anilines is 2. The first-order valence-corrected chi connectivity index (χ1v) is 7.40. The van der Waals surface area contributed by atoms with Crippen molar-refractivity contribution in [2.45, 2.75) is 32.2 Å². The van der Waals surface area contributed by atoms with E-state index >= 15 is 0 Å². The Balaban J connectivity index is 1.90. The molecule has 3 N–H and O–H groups in total. The molecule has 3 rings (SSSR count). The molecule has 0 aliphatic carbocycles. The third kappa shape index (κ3) is 2.54. The number of primary amides is 1. The van der Waals surface area contributed by atoms with Crippen LogP contribution in [-0.2, 0) is 9.59 Å². The molecular weight excluding hydrogens is 286 g/mol. The lowest BCUT2D eigenvalue weighted by molar-refractivity contribution is -0.120. The molecular formula is C15H19N3O4. The molecule has 0 saturated carbocycles. The lowest BCUT2D eigenvalue weighted by Gasteiger charge is -2.35. The number of fused-ring (bicyclic) bond motifs is 2. The number of benzene rings is 1. The molecule has 0 aromatic heterocycles. The normalized spacial score (nSPS) is 18.9. The number of hydrogen-bond donors (Lipinski definition) is 2. The Morgan fingerprint density at radius 3 is 2.82 bits per heavy atom. The molecule has 0 radical (unpaired) electrons. The number of rotatable bonds is 5. The van der Waals surface area contributed by atoms with Crippen LogP contribution >= 0.6 is 0 Å². The zero-order chi connectivity index (χ0) is 15.7. The Hall–Kier alpha value is -2.44. The summed E-state index contributed by atoms with van der Waals surface area (Å²) in [4.78, 5) is 25.2. The van der Waals surface area contributed by atoms with Crippen LogP contribution in [0.15, 0.2) is 12.1 Å². The maximum Gasteiger partial charge on any atom is 0.249 e. The van der Waals surface area contributed by atoms with Gasteiger partial charge in [0.15, 0.2) is 11.5 Å². The van der Waals surface area contributed by atoms with Gasteiger partial charge in [-0.3, -0.25) is 9.59 Å². The lowest BCUT2D eigenvalue weighted by atomic mass is 10.1. The fourth-order valence-corrected chi connectivity index (χ4v) is 2.75. The van der Waals surface area contributed by atoms with E-state index in [9.17, 15) is 9.59 Å². The molecule has 22 heavy (non-hydrogen) atoms. The van der Waals surface area contributed by atoms with Crippen molar-refractivity contribution in [2.24, 2.45) is 5.73 Å². The van der Waals surface area contributed by atoms with Gasteiger partial charge < -0.3 is 25.4 Å². The standard InChI is InChI=1S/C15H19N3O4/c1-2-9-15(20)18(5-3-4-14(16)19)11-7-13-12(21-8-22-13)6-10(11)17-9/h6-7,9,17H,2-5,8H2,1H3,(H2,16,19). The van der Waals surface area contributed by atoms with Gasteiger partial charge in [0.25, 0.3) is 0 Å². The highest BCUT2D eigenvalue weighted by Gasteiger charge is 2.33. The van der Waals surface area contributed by atoms with E-state index in [0.717, 1.165) is 11.4 Å². The first-order valence-electron chi connectivity index (χ1n) is 7.40. The smallest absolute Gasteiger partial charge is 0.249 e. The van der Waals surface area contributed by atoms with Crippen molar-refractivity contribution in [3.05, 3.63) is 12.1 Å². The fourth-order valence-electron chi connectivity index (χ4n) is 2.75. The van der Waals surface area contributed by atoms with Gasteiger partial charge in [-0.1, -0.05) is 6.92 Å². The van der Waals surface area contributed by atoms with Crippen molar-refractivity contribution in [3.8, 4) is 11.5 Å². The highest BCUT2D eigenvalue weighted by molar-refractivity contribution is 6.05. The highest BCUT2D eigenvalue weighted by atomic mass is 16.7. The molecule has 2 aliphatic rings. The number of nitrogens with one attached hydrogen (secondary N) is 1. The Kier molecular flexibility index (Phi) is 3.79. The number of ether oxygens (including phenoxy) is 2. The zero-order valence-corrected chi connectivity index (χ0v) is 12.4. The van der Waals surface area contributed by atoms with E-state index in [0.29, 0.717) is 30.9 Å². The summed E-state index contributed by atoms with van der Waals surface area (Å²) in [6, 6.07) is 3.38. The molecule has 1 atom stereocenters. The predicted molar refractivity (Wildman–Crippen MR) is 81.0 cm³/mol. The number of hydrogen-bond acceptors (Lipinski definition) is 5. The summed E-state index contributed by atoms with van der Waals surface area (Å²) in [7, 11) is 0. The van der Waals surface area contributed by atoms with Crippen LogP contribution in [-0.4, -0.2) is 31.2 Å². The number of amides is 2. The summed E-state index contributed by atoms with van der Waals surface area (Å²) < 4.78 is 10.8. The second-order valence-electron chi connectivity index (χ2n) is 5.39. The molecule has 2 amide bonds. The molecule has 1 unspecified atom stereocenters. The number of nitrogens with two attached hydrogens (primary N) is 1. The highest BCUT2D eigenvalue weighted by Crippen LogP contribution is 2.43. The van der Waals surface area contributed by atoms with Crippen LogP contribution in [0.5, 0.6) is 11.5 Å². The topological polar surface area (TPSA) is 93.9 Å². The molecule has 2 aliphatic heterocycles. The Labute approximate surface area is 128 Å². The van der Waals surface area contributed by atoms with Crippen molar-refractivity contribution >= 4 is 23.2 Å². The van der Waals surface area contributed by atoms with Crippen LogP contribution < -0.4 is 25.4 Å². The molecule has 118 valence electrons. The minimum Gasteiger partial charge on any atom is -0.454 e. The SMILES string of the molecule is CCC1Nc2cc3c(cc2N(CCCC(N)=O)C1=O)OCO3. The van der Waals surface area contributed by atoms with Crippen molar-refractivity contribution in [1.82, 2.24) is 0 Å². The average Bonchev–Trinajstić information content (AvgIpc) is 2.94. The van der Waals surface area contributed by atoms with Crippen molar-refractivity contribution < 1.29 is 19.1 Å². The average molecular weight is 305 g/mol. The van der Waals surface area contributed by atoms with E-state index in [1.807, 2.05) is 13.0 Å². The molecule has 1 aromatic rings. The quantitative estimate of drug-likeness (QED) is 0.853. The van der Waals surface area contributed by atoms with Gasteiger partial charge in [0.2, 0.25) is 18.6 Å². The first kappa shape index (κ1) is 14.5. The van der Waals surface area contributed by atoms with Crippen molar-refractivity contribution in [2.75, 3.05) is 23.6 Å². The summed E-state index contributed by atoms with van der Waals surface area (Å²) >= 11 is 0. The monoisotopic (exact) mass is 305 g/mol. The van der Waals surface area contributed by atoms with Crippen LogP contribution in [0.1, 0.15) is 26.2 Å². The minimum atomic E-state index is -0.361. The van der Waals surface area contributed by atoms with Gasteiger partial charge >= 0.3 is 0 Å². The maximum absolute atomic E-state index is 12.6. The summed E-state index contributed by atoms with van der Waals surface area (Å²) in [5, 5.41) is 3.24. The first-order chi connectivity index (χ1) is 10.6. The van der Waals surface area contributed by atoms with Gasteiger partial charge in [0, 0.05) is 25.1 Å². The molecule has 0 bridgehead atoms. The van der Waals surface area contributed by atoms with Gasteiger partial charge in [-0.15, -0.1) is 0 Å². The molecule has 0 saturated heterocycles. The predicted octanol–water partition coefficient (Wildman–Crippen LogP) is 1.22. The Morgan fingerprint density at radius 2 is 2.14 bits per heavy atom. The van der Waals surface area contributed by atoms with Crippen LogP contribution in [0.2, 0.25) is 0 Å². The van der Waals surface area contributed by atoms with E-state index in [4.69, 9.17) is 15.2 Å². The van der Waals surface area contributed by atoms with Crippen LogP contribution in [0, 0.1) is 0 Å². The van der Waals surface area contributed by atoms with Gasteiger partial charge in [0.05, 0.1) is 11.4 Å². The summed E-state index contributed by atoms with van der Waals surface area (Å²) in [5.41, 5.74) is 6.77. The van der Waals surface area contributed by atoms with Gasteiger partial charge in [-0.25, -0.2) is 0 Å². The Morgan fingerprint density at radius 1 is 1.41 bits per heavy atom. The largest absolute Gasteiger partial charge is 0.454 e. The van der Waals surface area contributed by atoms with Gasteiger partial charge in [0.1, 0.15) is 6.04 Å². The van der Waals surface area contributed by atoms with Gasteiger partial charge in [-0.2, -0.15) is 0 Å². The van der Waals surface area contributed by atoms with E-state index in [-0.39, 0.29) is 31.1 Å². The van der Waals surface area contributed by atoms with Crippen LogP contribution in [0.3, 0.4) is 0 Å². The zero-order valence-electron chi connectivity index (χ0n) is 12.4. The minimum absolute atomic E-state index is 0.00154. The second kappa shape index (κ2) is 5.75. The second-order valence-corrected chi connectivity index (χ2v) is 5.39. The number of carbonyl (C=O) groups excluding carboxylic acids is 2. The van der Waals surface area contributed by atoms with Crippen LogP contribution in [0.4, 0.5) is 11.4 Å². The molecule has 0 fully saturated rings. The van der Waals surface area contributed by atoms with E-state index in [1.54, 1.807) is 11.0 Å². The number of carbonyl (C=O) groups is 2. The summed E-state index contributed by atoms with van der Waals surface area (Å²) in [6.45, 7) is 2.59. The van der Waals surface area contributed by atoms with Crippen molar-refractivity contribution in [1.29, 1.82) is 0 Å². The Bertz CT molecular complexity index is 617.